The molecule has 1 spiro atoms. The van der Waals surface area contributed by atoms with Gasteiger partial charge in [0.1, 0.15) is 17.4 Å². The third kappa shape index (κ3) is 4.28. The summed E-state index contributed by atoms with van der Waals surface area (Å²) >= 11 is 0. The maximum absolute atomic E-state index is 14.3. The molecular weight excluding hydrogens is 557 g/mol. The van der Waals surface area contributed by atoms with Gasteiger partial charge in [-0.3, -0.25) is 4.79 Å². The molecule has 6 aliphatic rings. The summed E-state index contributed by atoms with van der Waals surface area (Å²) < 4.78 is 56.6. The molecule has 43 heavy (non-hydrogen) atoms. The first kappa shape index (κ1) is 29.1. The minimum Gasteiger partial charge on any atom is -0.508 e. The number of aliphatic hydroxyl groups excluding tert-OH is 1. The molecule has 2 N–H and O–H groups in total. The number of hydrogen-bond donors (Lipinski definition) is 2. The third-order valence-corrected chi connectivity index (χ3v) is 11.8. The van der Waals surface area contributed by atoms with E-state index in [1.54, 1.807) is 18.2 Å². The molecule has 1 aromatic rings. The molecule has 3 unspecified atom stereocenters. The van der Waals surface area contributed by atoms with Crippen molar-refractivity contribution in [3.05, 3.63) is 64.4 Å². The van der Waals surface area contributed by atoms with E-state index < -0.39 is 29.5 Å². The lowest BCUT2D eigenvalue weighted by molar-refractivity contribution is -0.982. The molecule has 2 saturated carbocycles. The van der Waals surface area contributed by atoms with Gasteiger partial charge in [0, 0.05) is 48.9 Å². The van der Waals surface area contributed by atoms with Crippen molar-refractivity contribution in [1.29, 1.82) is 0 Å². The van der Waals surface area contributed by atoms with E-state index >= 15 is 0 Å². The van der Waals surface area contributed by atoms with Gasteiger partial charge in [0.25, 0.3) is 5.91 Å². The molecule has 7 atom stereocenters. The van der Waals surface area contributed by atoms with Crippen molar-refractivity contribution in [1.82, 2.24) is 5.32 Å². The Labute approximate surface area is 251 Å². The van der Waals surface area contributed by atoms with E-state index in [0.717, 1.165) is 59.9 Å². The Kier molecular flexibility index (Phi) is 6.73. The topological polar surface area (TPSA) is 67.8 Å². The highest BCUT2D eigenvalue weighted by Gasteiger charge is 2.72. The molecule has 1 amide bonds. The minimum atomic E-state index is -4.91. The molecule has 4 fully saturated rings. The number of alkyl halides is 3. The molecule has 2 heterocycles. The number of likely N-dealkylation sites (tertiary alicyclic amines) is 1. The number of halogens is 3. The second-order valence-corrected chi connectivity index (χ2v) is 14.0. The van der Waals surface area contributed by atoms with Gasteiger partial charge in [-0.2, -0.15) is 13.2 Å². The molecule has 0 radical (unpaired) electrons. The van der Waals surface area contributed by atoms with Crippen LogP contribution in [0.4, 0.5) is 13.2 Å². The molecule has 0 aromatic heterocycles. The Morgan fingerprint density at radius 3 is 2.60 bits per heavy atom. The second kappa shape index (κ2) is 9.94. The largest absolute Gasteiger partial charge is 0.508 e. The minimum absolute atomic E-state index is 0.0122. The number of benzene rings is 1. The predicted octanol–water partition coefficient (Wildman–Crippen LogP) is 6.21. The zero-order valence-electron chi connectivity index (χ0n) is 25.1. The summed E-state index contributed by atoms with van der Waals surface area (Å²) in [5.41, 5.74) is -1.37. The van der Waals surface area contributed by atoms with Crippen LogP contribution in [0.2, 0.25) is 0 Å². The van der Waals surface area contributed by atoms with Crippen LogP contribution in [-0.4, -0.2) is 71.9 Å². The molecule has 6 nitrogen and oxygen atoms in total. The average Bonchev–Trinajstić information content (AvgIpc) is 3.72. The normalized spacial score (nSPS) is 38.6. The molecule has 1 aromatic carbocycles. The molecule has 4 aliphatic carbocycles. The molecule has 232 valence electrons. The summed E-state index contributed by atoms with van der Waals surface area (Å²) in [7, 11) is 1.35. The van der Waals surface area contributed by atoms with Gasteiger partial charge < -0.3 is 24.4 Å². The Morgan fingerprint density at radius 1 is 1.21 bits per heavy atom. The molecule has 2 saturated heterocycles. The van der Waals surface area contributed by atoms with Gasteiger partial charge in [-0.1, -0.05) is 36.8 Å². The van der Waals surface area contributed by atoms with Gasteiger partial charge in [0.05, 0.1) is 31.3 Å². The number of methoxy groups -OCH3 is 1. The summed E-state index contributed by atoms with van der Waals surface area (Å²) in [6, 6.07) is 8.76. The van der Waals surface area contributed by atoms with Crippen LogP contribution in [0.25, 0.3) is 6.08 Å². The lowest BCUT2D eigenvalue weighted by Gasteiger charge is -2.64. The maximum Gasteiger partial charge on any atom is 0.421 e. The highest BCUT2D eigenvalue weighted by molar-refractivity contribution is 5.99. The fourth-order valence-electron chi connectivity index (χ4n) is 9.67. The first-order valence-corrected chi connectivity index (χ1v) is 15.8. The predicted molar refractivity (Wildman–Crippen MR) is 155 cm³/mol. The second-order valence-electron chi connectivity index (χ2n) is 14.0. The lowest BCUT2D eigenvalue weighted by atomic mass is 9.49. The number of nitrogens with zero attached hydrogens (tertiary/aromatic N) is 1. The molecule has 2 aliphatic heterocycles. The van der Waals surface area contributed by atoms with Gasteiger partial charge in [0.15, 0.2) is 5.72 Å². The Bertz CT molecular complexity index is 1400. The van der Waals surface area contributed by atoms with Gasteiger partial charge in [-0.05, 0) is 56.7 Å². The van der Waals surface area contributed by atoms with Crippen LogP contribution in [0.5, 0.6) is 0 Å². The van der Waals surface area contributed by atoms with Crippen LogP contribution < -0.4 is 5.32 Å². The van der Waals surface area contributed by atoms with Crippen LogP contribution >= 0.6 is 0 Å². The third-order valence-electron chi connectivity index (χ3n) is 11.8. The van der Waals surface area contributed by atoms with Crippen LogP contribution in [0, 0.1) is 17.3 Å². The fourth-order valence-corrected chi connectivity index (χ4v) is 9.67. The number of aliphatic hydroxyl groups is 1. The summed E-state index contributed by atoms with van der Waals surface area (Å²) in [6.07, 6.45) is 3.50. The van der Waals surface area contributed by atoms with E-state index in [-0.39, 0.29) is 22.8 Å². The van der Waals surface area contributed by atoms with E-state index in [0.29, 0.717) is 24.4 Å². The van der Waals surface area contributed by atoms with Crippen molar-refractivity contribution < 1.29 is 37.0 Å². The van der Waals surface area contributed by atoms with E-state index in [2.05, 4.69) is 19.2 Å². The number of rotatable bonds is 7. The molecule has 2 bridgehead atoms. The number of amides is 1. The summed E-state index contributed by atoms with van der Waals surface area (Å²) in [6.45, 7) is 6.86. The Morgan fingerprint density at radius 2 is 1.95 bits per heavy atom. The quantitative estimate of drug-likeness (QED) is 0.222. The summed E-state index contributed by atoms with van der Waals surface area (Å²) in [5.74, 6) is -0.222. The lowest BCUT2D eigenvalue weighted by Crippen LogP contribution is -2.72. The first-order chi connectivity index (χ1) is 20.4. The van der Waals surface area contributed by atoms with Crippen LogP contribution in [0.1, 0.15) is 64.4 Å². The Balaban J connectivity index is 1.30. The maximum atomic E-state index is 14.3. The van der Waals surface area contributed by atoms with Gasteiger partial charge in [-0.25, -0.2) is 0 Å². The number of quaternary nitrogens is 1. The van der Waals surface area contributed by atoms with Gasteiger partial charge in [0.2, 0.25) is 0 Å². The van der Waals surface area contributed by atoms with E-state index in [1.807, 2.05) is 0 Å². The van der Waals surface area contributed by atoms with Crippen molar-refractivity contribution in [2.45, 2.75) is 95.0 Å². The summed E-state index contributed by atoms with van der Waals surface area (Å²) in [5, 5.41) is 14.2. The van der Waals surface area contributed by atoms with Gasteiger partial charge >= 0.3 is 6.18 Å². The van der Waals surface area contributed by atoms with Crippen molar-refractivity contribution >= 4 is 12.0 Å². The molecule has 9 heteroatoms. The molecule has 7 rings (SSSR count). The summed E-state index contributed by atoms with van der Waals surface area (Å²) in [4.78, 5) is 13.5. The SMILES string of the molecule is COC1(NC(=O)C(=Cc2ccccc2)C(F)(F)F)C=C(O)C2=C3C1O[C@H]1CCC[C@H]4[C@@H](C2)[N+](CC2CC2)(C(C)C)CC[C@]314. The highest BCUT2D eigenvalue weighted by Crippen LogP contribution is 2.68. The molecular formula is C34H42F3N2O4+. The zero-order chi connectivity index (χ0) is 30.4. The number of hydrogen-bond acceptors (Lipinski definition) is 4. The number of ether oxygens (including phenoxy) is 2. The van der Waals surface area contributed by atoms with Crippen molar-refractivity contribution in [3.63, 3.8) is 0 Å². The highest BCUT2D eigenvalue weighted by atomic mass is 19.4. The smallest absolute Gasteiger partial charge is 0.421 e. The first-order valence-electron chi connectivity index (χ1n) is 15.8. The van der Waals surface area contributed by atoms with Crippen molar-refractivity contribution in [3.8, 4) is 0 Å². The van der Waals surface area contributed by atoms with Crippen LogP contribution in [0.15, 0.2) is 58.9 Å². The van der Waals surface area contributed by atoms with E-state index in [4.69, 9.17) is 9.47 Å². The number of carbonyl (C=O) groups is 1. The van der Waals surface area contributed by atoms with Crippen LogP contribution in [0.3, 0.4) is 0 Å². The number of piperidine rings is 1. The number of allylic oxidation sites excluding steroid dienone is 1. The fraction of sp³-hybridized carbons (Fsp3) is 0.618. The average molecular weight is 600 g/mol. The van der Waals surface area contributed by atoms with E-state index in [1.165, 1.54) is 44.7 Å². The number of carbonyl (C=O) groups excluding carboxylic acids is 1. The van der Waals surface area contributed by atoms with Crippen LogP contribution in [-0.2, 0) is 14.3 Å². The zero-order valence-corrected chi connectivity index (χ0v) is 25.1. The van der Waals surface area contributed by atoms with Crippen molar-refractivity contribution in [2.75, 3.05) is 20.2 Å². The van der Waals surface area contributed by atoms with Gasteiger partial charge in [-0.15, -0.1) is 0 Å². The Hall–Kier alpha value is -2.62. The number of nitrogens with one attached hydrogen (secondary N) is 1. The standard InChI is InChI=1S/C34H41F3N2O4/c1-20(2)39(19-22-12-13-22)15-14-32-24-10-7-11-28(32)43-30-29(32)23(17-26(24)39)27(40)18-33(30,42-3)38-31(41)25(34(35,36)37)16-21-8-5-4-6-9-21/h4-6,8-9,16,18,20,22,24,26,28,30H,7,10-15,17,19H2,1-3H3,(H-,38,40,41)/p+1/t24-,26+,28-,30?,32+,33?,39?/m0/s1. The monoisotopic (exact) mass is 599 g/mol. The van der Waals surface area contributed by atoms with Crippen molar-refractivity contribution in [2.24, 2.45) is 17.3 Å². The van der Waals surface area contributed by atoms with E-state index in [9.17, 15) is 23.1 Å².